The number of Topliss-reactive ketones (excluding diaryl/α,β-unsaturated/α-hetero) is 1. The molecule has 0 aromatic heterocycles. The second-order valence-corrected chi connectivity index (χ2v) is 4.30. The summed E-state index contributed by atoms with van der Waals surface area (Å²) < 4.78 is 5.54. The molecule has 1 unspecified atom stereocenters. The van der Waals surface area contributed by atoms with Crippen LogP contribution < -0.4 is 9.64 Å². The maximum absolute atomic E-state index is 12.0. The maximum atomic E-state index is 12.0. The second kappa shape index (κ2) is 4.80. The van der Waals surface area contributed by atoms with Crippen molar-refractivity contribution < 1.29 is 14.3 Å². The van der Waals surface area contributed by atoms with E-state index < -0.39 is 6.10 Å². The number of likely N-dealkylation sites (N-methyl/N-ethyl adjacent to an activating group) is 1. The molecule has 4 heteroatoms. The van der Waals surface area contributed by atoms with Gasteiger partial charge in [0.2, 0.25) is 0 Å². The topological polar surface area (TPSA) is 46.6 Å². The zero-order valence-corrected chi connectivity index (χ0v) is 10.9. The molecule has 1 aromatic carbocycles. The Morgan fingerprint density at radius 1 is 1.39 bits per heavy atom. The van der Waals surface area contributed by atoms with Gasteiger partial charge in [-0.15, -0.1) is 0 Å². The fourth-order valence-corrected chi connectivity index (χ4v) is 2.11. The summed E-state index contributed by atoms with van der Waals surface area (Å²) >= 11 is 0. The summed E-state index contributed by atoms with van der Waals surface area (Å²) in [7, 11) is 0. The SMILES string of the molecule is CCC(=O)c1ccc2c(c1)N(CC)C(=O)C(C)O2. The van der Waals surface area contributed by atoms with Gasteiger partial charge >= 0.3 is 0 Å². The summed E-state index contributed by atoms with van der Waals surface area (Å²) in [4.78, 5) is 25.3. The molecular formula is C14H17NO3. The van der Waals surface area contributed by atoms with Crippen LogP contribution in [-0.2, 0) is 4.79 Å². The second-order valence-electron chi connectivity index (χ2n) is 4.30. The number of amides is 1. The Morgan fingerprint density at radius 3 is 2.72 bits per heavy atom. The molecule has 1 aromatic rings. The Kier molecular flexibility index (Phi) is 3.36. The number of rotatable bonds is 3. The number of carbonyl (C=O) groups excluding carboxylic acids is 2. The first-order valence-corrected chi connectivity index (χ1v) is 6.23. The number of anilines is 1. The third-order valence-corrected chi connectivity index (χ3v) is 3.13. The summed E-state index contributed by atoms with van der Waals surface area (Å²) in [6.07, 6.45) is -0.0129. The van der Waals surface area contributed by atoms with Gasteiger partial charge in [-0.3, -0.25) is 9.59 Å². The Morgan fingerprint density at radius 2 is 2.11 bits per heavy atom. The molecule has 4 nitrogen and oxygen atoms in total. The maximum Gasteiger partial charge on any atom is 0.267 e. The van der Waals surface area contributed by atoms with Crippen molar-refractivity contribution in [2.24, 2.45) is 0 Å². The predicted molar refractivity (Wildman–Crippen MR) is 69.2 cm³/mol. The van der Waals surface area contributed by atoms with Crippen molar-refractivity contribution >= 4 is 17.4 Å². The Labute approximate surface area is 107 Å². The number of fused-ring (bicyclic) bond motifs is 1. The van der Waals surface area contributed by atoms with Gasteiger partial charge in [-0.1, -0.05) is 6.92 Å². The lowest BCUT2D eigenvalue weighted by atomic mass is 10.1. The van der Waals surface area contributed by atoms with Crippen LogP contribution in [0.3, 0.4) is 0 Å². The molecule has 18 heavy (non-hydrogen) atoms. The molecule has 1 aliphatic rings. The van der Waals surface area contributed by atoms with Gasteiger partial charge < -0.3 is 9.64 Å². The number of hydrogen-bond acceptors (Lipinski definition) is 3. The zero-order chi connectivity index (χ0) is 13.3. The van der Waals surface area contributed by atoms with E-state index in [-0.39, 0.29) is 11.7 Å². The van der Waals surface area contributed by atoms with Crippen LogP contribution in [0, 0.1) is 0 Å². The lowest BCUT2D eigenvalue weighted by Gasteiger charge is -2.32. The number of hydrogen-bond donors (Lipinski definition) is 0. The average molecular weight is 247 g/mol. The minimum Gasteiger partial charge on any atom is -0.479 e. The quantitative estimate of drug-likeness (QED) is 0.770. The van der Waals surface area contributed by atoms with Gasteiger partial charge in [-0.2, -0.15) is 0 Å². The standard InChI is InChI=1S/C14H17NO3/c1-4-12(16)10-6-7-13-11(8-10)15(5-2)14(17)9(3)18-13/h6-9H,4-5H2,1-3H3. The molecular weight excluding hydrogens is 230 g/mol. The molecule has 2 rings (SSSR count). The Bertz CT molecular complexity index is 496. The molecule has 96 valence electrons. The predicted octanol–water partition coefficient (Wildman–Crippen LogP) is 2.41. The van der Waals surface area contributed by atoms with Crippen LogP contribution in [0.5, 0.6) is 5.75 Å². The fourth-order valence-electron chi connectivity index (χ4n) is 2.11. The van der Waals surface area contributed by atoms with Crippen molar-refractivity contribution in [3.8, 4) is 5.75 Å². The van der Waals surface area contributed by atoms with Crippen LogP contribution in [0.2, 0.25) is 0 Å². The van der Waals surface area contributed by atoms with Gasteiger partial charge in [0.15, 0.2) is 11.9 Å². The van der Waals surface area contributed by atoms with Gasteiger partial charge in [0.1, 0.15) is 5.75 Å². The lowest BCUT2D eigenvalue weighted by Crippen LogP contribution is -2.44. The zero-order valence-electron chi connectivity index (χ0n) is 10.9. The largest absolute Gasteiger partial charge is 0.479 e. The monoisotopic (exact) mass is 247 g/mol. The Hall–Kier alpha value is -1.84. The van der Waals surface area contributed by atoms with E-state index in [4.69, 9.17) is 4.74 Å². The average Bonchev–Trinajstić information content (AvgIpc) is 2.39. The Balaban J connectivity index is 2.47. The van der Waals surface area contributed by atoms with Crippen molar-refractivity contribution in [2.45, 2.75) is 33.3 Å². The van der Waals surface area contributed by atoms with E-state index in [1.807, 2.05) is 13.8 Å². The van der Waals surface area contributed by atoms with Crippen LogP contribution in [0.4, 0.5) is 5.69 Å². The van der Waals surface area contributed by atoms with Crippen molar-refractivity contribution in [2.75, 3.05) is 11.4 Å². The highest BCUT2D eigenvalue weighted by Gasteiger charge is 2.30. The van der Waals surface area contributed by atoms with Crippen molar-refractivity contribution in [3.63, 3.8) is 0 Å². The normalized spacial score (nSPS) is 18.3. The first-order chi connectivity index (χ1) is 8.58. The van der Waals surface area contributed by atoms with Crippen molar-refractivity contribution in [1.82, 2.24) is 0 Å². The number of ether oxygens (including phenoxy) is 1. The van der Waals surface area contributed by atoms with E-state index >= 15 is 0 Å². The smallest absolute Gasteiger partial charge is 0.267 e. The molecule has 1 heterocycles. The highest BCUT2D eigenvalue weighted by Crippen LogP contribution is 2.34. The van der Waals surface area contributed by atoms with Crippen LogP contribution in [0.15, 0.2) is 18.2 Å². The molecule has 0 aliphatic carbocycles. The highest BCUT2D eigenvalue weighted by atomic mass is 16.5. The summed E-state index contributed by atoms with van der Waals surface area (Å²) in [5.74, 6) is 0.669. The molecule has 1 amide bonds. The highest BCUT2D eigenvalue weighted by molar-refractivity contribution is 6.02. The summed E-state index contributed by atoms with van der Waals surface area (Å²) in [6, 6.07) is 5.26. The van der Waals surface area contributed by atoms with E-state index in [1.54, 1.807) is 30.0 Å². The van der Waals surface area contributed by atoms with Gasteiger partial charge in [0, 0.05) is 18.5 Å². The van der Waals surface area contributed by atoms with Gasteiger partial charge in [0.05, 0.1) is 5.69 Å². The van der Waals surface area contributed by atoms with Gasteiger partial charge in [0.25, 0.3) is 5.91 Å². The van der Waals surface area contributed by atoms with Crippen molar-refractivity contribution in [3.05, 3.63) is 23.8 Å². The van der Waals surface area contributed by atoms with Crippen LogP contribution >= 0.6 is 0 Å². The van der Waals surface area contributed by atoms with E-state index in [0.29, 0.717) is 30.0 Å². The third-order valence-electron chi connectivity index (χ3n) is 3.13. The van der Waals surface area contributed by atoms with Gasteiger partial charge in [-0.25, -0.2) is 0 Å². The van der Waals surface area contributed by atoms with Crippen molar-refractivity contribution in [1.29, 1.82) is 0 Å². The molecule has 0 saturated heterocycles. The molecule has 1 aliphatic heterocycles. The van der Waals surface area contributed by atoms with Crippen LogP contribution in [-0.4, -0.2) is 24.3 Å². The van der Waals surface area contributed by atoms with Gasteiger partial charge in [-0.05, 0) is 32.0 Å². The lowest BCUT2D eigenvalue weighted by molar-refractivity contribution is -0.125. The first kappa shape index (κ1) is 12.6. The first-order valence-electron chi connectivity index (χ1n) is 6.23. The fraction of sp³-hybridized carbons (Fsp3) is 0.429. The molecule has 0 N–H and O–H groups in total. The summed E-state index contributed by atoms with van der Waals surface area (Å²) in [6.45, 7) is 6.04. The molecule has 0 radical (unpaired) electrons. The van der Waals surface area contributed by atoms with Crippen LogP contribution in [0.25, 0.3) is 0 Å². The number of benzene rings is 1. The molecule has 0 bridgehead atoms. The van der Waals surface area contributed by atoms with E-state index in [2.05, 4.69) is 0 Å². The molecule has 0 spiro atoms. The van der Waals surface area contributed by atoms with Crippen LogP contribution in [0.1, 0.15) is 37.6 Å². The molecule has 0 fully saturated rings. The molecule has 0 saturated carbocycles. The van der Waals surface area contributed by atoms with E-state index in [0.717, 1.165) is 0 Å². The molecule has 1 atom stereocenters. The van der Waals surface area contributed by atoms with E-state index in [9.17, 15) is 9.59 Å². The number of nitrogens with zero attached hydrogens (tertiary/aromatic N) is 1. The third kappa shape index (κ3) is 1.98. The van der Waals surface area contributed by atoms with E-state index in [1.165, 1.54) is 0 Å². The minimum atomic E-state index is -0.467. The number of ketones is 1. The summed E-state index contributed by atoms with van der Waals surface area (Å²) in [5.41, 5.74) is 1.32. The minimum absolute atomic E-state index is 0.0638. The summed E-state index contributed by atoms with van der Waals surface area (Å²) in [5, 5.41) is 0. The number of carbonyl (C=O) groups is 2.